The second-order valence-electron chi connectivity index (χ2n) is 5.99. The predicted octanol–water partition coefficient (Wildman–Crippen LogP) is 3.04. The van der Waals surface area contributed by atoms with Crippen molar-refractivity contribution in [1.29, 1.82) is 0 Å². The van der Waals surface area contributed by atoms with Gasteiger partial charge in [0.05, 0.1) is 11.0 Å². The molecule has 124 valence electrons. The lowest BCUT2D eigenvalue weighted by atomic mass is 9.97. The molecule has 1 heterocycles. The number of hydrogen-bond donors (Lipinski definition) is 1. The Morgan fingerprint density at radius 1 is 1.32 bits per heavy atom. The van der Waals surface area contributed by atoms with E-state index in [0.717, 1.165) is 5.56 Å². The molecule has 1 saturated heterocycles. The van der Waals surface area contributed by atoms with Crippen molar-refractivity contribution in [3.05, 3.63) is 29.8 Å². The van der Waals surface area contributed by atoms with Crippen molar-refractivity contribution in [2.24, 2.45) is 0 Å². The molecule has 4 nitrogen and oxygen atoms in total. The third kappa shape index (κ3) is 3.65. The van der Waals surface area contributed by atoms with E-state index >= 15 is 0 Å². The molecule has 22 heavy (non-hydrogen) atoms. The first kappa shape index (κ1) is 17.7. The molecular weight excluding hydrogens is 324 g/mol. The third-order valence-electron chi connectivity index (χ3n) is 4.14. The van der Waals surface area contributed by atoms with Crippen LogP contribution in [0.4, 0.5) is 0 Å². The molecule has 1 aromatic rings. The number of alkyl halides is 1. The van der Waals surface area contributed by atoms with Crippen LogP contribution in [0.5, 0.6) is 0 Å². The summed E-state index contributed by atoms with van der Waals surface area (Å²) in [6.07, 6.45) is 1.56. The first-order valence-electron chi connectivity index (χ1n) is 7.56. The fourth-order valence-electron chi connectivity index (χ4n) is 2.92. The Hall–Kier alpha value is -0.620. The number of aryl methyl sites for hydroxylation is 1. The molecule has 6 heteroatoms. The molecule has 2 rings (SSSR count). The van der Waals surface area contributed by atoms with Gasteiger partial charge in [-0.05, 0) is 45.2 Å². The third-order valence-corrected chi connectivity index (χ3v) is 6.69. The first-order chi connectivity index (χ1) is 10.3. The van der Waals surface area contributed by atoms with Crippen molar-refractivity contribution in [2.45, 2.75) is 61.6 Å². The molecule has 2 unspecified atom stereocenters. The molecule has 1 fully saturated rings. The lowest BCUT2D eigenvalue weighted by molar-refractivity contribution is -0.249. The van der Waals surface area contributed by atoms with E-state index in [1.54, 1.807) is 24.3 Å². The first-order valence-corrected chi connectivity index (χ1v) is 9.64. The van der Waals surface area contributed by atoms with Gasteiger partial charge in [0.2, 0.25) is 0 Å². The zero-order chi connectivity index (χ0) is 16.4. The molecule has 0 amide bonds. The smallest absolute Gasteiger partial charge is 0.186 e. The lowest BCUT2D eigenvalue weighted by Gasteiger charge is -2.42. The van der Waals surface area contributed by atoms with Gasteiger partial charge in [-0.25, -0.2) is 8.42 Å². The van der Waals surface area contributed by atoms with Crippen LogP contribution in [0.1, 0.15) is 38.2 Å². The van der Waals surface area contributed by atoms with Crippen LogP contribution in [-0.2, 0) is 14.6 Å². The summed E-state index contributed by atoms with van der Waals surface area (Å²) in [5.74, 6) is -1.31. The highest BCUT2D eigenvalue weighted by atomic mass is 35.5. The maximum Gasteiger partial charge on any atom is 0.186 e. The molecule has 0 spiro atoms. The number of rotatable bonds is 5. The Morgan fingerprint density at radius 2 is 1.95 bits per heavy atom. The Balaban J connectivity index is 2.35. The number of halogens is 1. The number of sulfone groups is 1. The van der Waals surface area contributed by atoms with Gasteiger partial charge in [-0.2, -0.15) is 0 Å². The van der Waals surface area contributed by atoms with Crippen LogP contribution in [0, 0.1) is 6.92 Å². The van der Waals surface area contributed by atoms with E-state index in [-0.39, 0.29) is 17.4 Å². The van der Waals surface area contributed by atoms with Gasteiger partial charge in [-0.1, -0.05) is 17.7 Å². The van der Waals surface area contributed by atoms with Crippen LogP contribution in [0.3, 0.4) is 0 Å². The number of benzene rings is 1. The molecule has 1 aliphatic rings. The van der Waals surface area contributed by atoms with E-state index in [1.807, 2.05) is 13.8 Å². The Bertz CT molecular complexity index is 599. The van der Waals surface area contributed by atoms with Crippen molar-refractivity contribution < 1.29 is 18.3 Å². The van der Waals surface area contributed by atoms with E-state index in [1.165, 1.54) is 0 Å². The van der Waals surface area contributed by atoms with Gasteiger partial charge in [0.1, 0.15) is 5.25 Å². The maximum atomic E-state index is 12.9. The minimum atomic E-state index is -3.66. The van der Waals surface area contributed by atoms with Gasteiger partial charge in [-0.15, -0.1) is 11.6 Å². The predicted molar refractivity (Wildman–Crippen MR) is 86.8 cm³/mol. The summed E-state index contributed by atoms with van der Waals surface area (Å²) in [6.45, 7) is 3.75. The molecule has 1 aliphatic heterocycles. The van der Waals surface area contributed by atoms with Gasteiger partial charge < -0.3 is 9.84 Å². The molecule has 0 aromatic heterocycles. The van der Waals surface area contributed by atoms with Crippen molar-refractivity contribution in [2.75, 3.05) is 5.88 Å². The zero-order valence-corrected chi connectivity index (χ0v) is 14.5. The molecule has 0 bridgehead atoms. The average Bonchev–Trinajstić information content (AvgIpc) is 2.45. The number of hydrogen-bond acceptors (Lipinski definition) is 4. The lowest BCUT2D eigenvalue weighted by Crippen LogP contribution is -2.54. The topological polar surface area (TPSA) is 63.6 Å². The minimum Gasteiger partial charge on any atom is -0.364 e. The molecule has 3 atom stereocenters. The quantitative estimate of drug-likeness (QED) is 0.832. The highest BCUT2D eigenvalue weighted by Gasteiger charge is 2.49. The van der Waals surface area contributed by atoms with E-state index in [4.69, 9.17) is 16.3 Å². The van der Waals surface area contributed by atoms with Crippen LogP contribution in [0.25, 0.3) is 0 Å². The van der Waals surface area contributed by atoms with Gasteiger partial charge in [0.15, 0.2) is 15.6 Å². The number of aliphatic hydroxyl groups is 1. The monoisotopic (exact) mass is 346 g/mol. The molecular formula is C16H23ClO4S. The summed E-state index contributed by atoms with van der Waals surface area (Å²) in [4.78, 5) is 0.227. The van der Waals surface area contributed by atoms with Crippen molar-refractivity contribution >= 4 is 21.4 Å². The van der Waals surface area contributed by atoms with Crippen LogP contribution in [-0.4, -0.2) is 36.5 Å². The average molecular weight is 347 g/mol. The molecule has 0 saturated carbocycles. The fraction of sp³-hybridized carbons (Fsp3) is 0.625. The van der Waals surface area contributed by atoms with Crippen LogP contribution in [0.2, 0.25) is 0 Å². The Kier molecular flexibility index (Phi) is 5.54. The summed E-state index contributed by atoms with van der Waals surface area (Å²) in [7, 11) is -3.66. The van der Waals surface area contributed by atoms with E-state index in [9.17, 15) is 13.5 Å². The second kappa shape index (κ2) is 6.87. The van der Waals surface area contributed by atoms with Crippen molar-refractivity contribution in [3.63, 3.8) is 0 Å². The molecule has 1 aromatic carbocycles. The molecule has 1 N–H and O–H groups in total. The number of ether oxygens (including phenoxy) is 1. The Morgan fingerprint density at radius 3 is 2.55 bits per heavy atom. The van der Waals surface area contributed by atoms with E-state index < -0.39 is 20.9 Å². The van der Waals surface area contributed by atoms with Crippen LogP contribution in [0.15, 0.2) is 29.2 Å². The summed E-state index contributed by atoms with van der Waals surface area (Å²) < 4.78 is 31.5. The molecule has 0 aliphatic carbocycles. The standard InChI is InChI=1S/C16H23ClO4S/c1-12-4-7-14(8-5-12)22(19,20)15-9-6-13(2)21-16(15,18)10-3-11-17/h4-5,7-8,13,15,18H,3,6,9-11H2,1-2H3/t13-,15?,16?/m0/s1. The van der Waals surface area contributed by atoms with Gasteiger partial charge >= 0.3 is 0 Å². The summed E-state index contributed by atoms with van der Waals surface area (Å²) in [5.41, 5.74) is 0.991. The summed E-state index contributed by atoms with van der Waals surface area (Å²) >= 11 is 5.70. The van der Waals surface area contributed by atoms with Gasteiger partial charge in [0, 0.05) is 12.3 Å². The summed E-state index contributed by atoms with van der Waals surface area (Å²) in [5, 5.41) is 9.87. The van der Waals surface area contributed by atoms with Crippen LogP contribution < -0.4 is 0 Å². The van der Waals surface area contributed by atoms with Crippen LogP contribution >= 0.6 is 11.6 Å². The minimum absolute atomic E-state index is 0.162. The Labute approximate surface area is 137 Å². The molecule has 0 radical (unpaired) electrons. The summed E-state index contributed by atoms with van der Waals surface area (Å²) in [6, 6.07) is 6.70. The SMILES string of the molecule is Cc1ccc(S(=O)(=O)C2CC[C@H](C)OC2(O)CCCCl)cc1. The maximum absolute atomic E-state index is 12.9. The second-order valence-corrected chi connectivity index (χ2v) is 8.50. The van der Waals surface area contributed by atoms with Gasteiger partial charge in [-0.3, -0.25) is 0 Å². The van der Waals surface area contributed by atoms with Crippen molar-refractivity contribution in [1.82, 2.24) is 0 Å². The highest BCUT2D eigenvalue weighted by Crippen LogP contribution is 2.37. The van der Waals surface area contributed by atoms with Gasteiger partial charge in [0.25, 0.3) is 0 Å². The van der Waals surface area contributed by atoms with E-state index in [2.05, 4.69) is 0 Å². The fourth-order valence-corrected chi connectivity index (χ4v) is 5.01. The normalized spacial score (nSPS) is 29.5. The highest BCUT2D eigenvalue weighted by molar-refractivity contribution is 7.92. The van der Waals surface area contributed by atoms with Crippen molar-refractivity contribution in [3.8, 4) is 0 Å². The largest absolute Gasteiger partial charge is 0.364 e. The zero-order valence-electron chi connectivity index (χ0n) is 13.0. The van der Waals surface area contributed by atoms with E-state index in [0.29, 0.717) is 25.1 Å².